The third-order valence-electron chi connectivity index (χ3n) is 3.95. The fourth-order valence-electron chi connectivity index (χ4n) is 3.07. The minimum absolute atomic E-state index is 0.273. The standard InChI is InChI=1S/C17H18N2O2/c1-17(2)20-14-8-6-12(10-15(14)21-17)19-13-7-5-11-4-3-9-18-16(11)13/h3-4,6,8-10,13,19H,5,7H2,1-2H3. The van der Waals surface area contributed by atoms with Crippen LogP contribution in [0.5, 0.6) is 11.5 Å². The molecular weight excluding hydrogens is 264 g/mol. The Morgan fingerprint density at radius 1 is 1.19 bits per heavy atom. The molecule has 0 radical (unpaired) electrons. The number of benzene rings is 1. The molecule has 0 amide bonds. The van der Waals surface area contributed by atoms with Gasteiger partial charge >= 0.3 is 0 Å². The summed E-state index contributed by atoms with van der Waals surface area (Å²) in [6.07, 6.45) is 4.02. The summed E-state index contributed by atoms with van der Waals surface area (Å²) in [6.45, 7) is 3.83. The Hall–Kier alpha value is -2.23. The van der Waals surface area contributed by atoms with Gasteiger partial charge in [0, 0.05) is 31.8 Å². The van der Waals surface area contributed by atoms with Crippen molar-refractivity contribution in [2.24, 2.45) is 0 Å². The second-order valence-electron chi connectivity index (χ2n) is 6.05. The molecule has 0 saturated carbocycles. The number of pyridine rings is 1. The monoisotopic (exact) mass is 282 g/mol. The molecule has 4 heteroatoms. The Morgan fingerprint density at radius 3 is 2.95 bits per heavy atom. The molecule has 0 saturated heterocycles. The number of ether oxygens (including phenoxy) is 2. The molecule has 1 N–H and O–H groups in total. The molecule has 4 rings (SSSR count). The van der Waals surface area contributed by atoms with Crippen molar-refractivity contribution in [3.05, 3.63) is 47.8 Å². The highest BCUT2D eigenvalue weighted by Gasteiger charge is 2.32. The summed E-state index contributed by atoms with van der Waals surface area (Å²) in [5, 5.41) is 3.56. The average molecular weight is 282 g/mol. The zero-order chi connectivity index (χ0) is 14.4. The van der Waals surface area contributed by atoms with Crippen molar-refractivity contribution in [3.63, 3.8) is 0 Å². The summed E-state index contributed by atoms with van der Waals surface area (Å²) < 4.78 is 11.5. The number of aryl methyl sites for hydroxylation is 1. The van der Waals surface area contributed by atoms with E-state index in [0.717, 1.165) is 35.7 Å². The van der Waals surface area contributed by atoms with Gasteiger partial charge < -0.3 is 14.8 Å². The Kier molecular flexibility index (Phi) is 2.61. The van der Waals surface area contributed by atoms with Crippen LogP contribution in [0.4, 0.5) is 5.69 Å². The smallest absolute Gasteiger partial charge is 0.246 e. The first kappa shape index (κ1) is 12.5. The second-order valence-corrected chi connectivity index (χ2v) is 6.05. The highest BCUT2D eigenvalue weighted by Crippen LogP contribution is 2.41. The lowest BCUT2D eigenvalue weighted by Gasteiger charge is -2.16. The molecule has 21 heavy (non-hydrogen) atoms. The van der Waals surface area contributed by atoms with E-state index in [0.29, 0.717) is 0 Å². The van der Waals surface area contributed by atoms with Gasteiger partial charge in [-0.3, -0.25) is 4.98 Å². The lowest BCUT2D eigenvalue weighted by molar-refractivity contribution is -0.0431. The van der Waals surface area contributed by atoms with E-state index in [1.165, 1.54) is 5.56 Å². The lowest BCUT2D eigenvalue weighted by Crippen LogP contribution is -2.29. The van der Waals surface area contributed by atoms with Crippen molar-refractivity contribution < 1.29 is 9.47 Å². The average Bonchev–Trinajstić information content (AvgIpc) is 2.98. The van der Waals surface area contributed by atoms with Crippen molar-refractivity contribution in [3.8, 4) is 11.5 Å². The van der Waals surface area contributed by atoms with Crippen LogP contribution in [0.1, 0.15) is 37.6 Å². The van der Waals surface area contributed by atoms with Crippen LogP contribution in [-0.4, -0.2) is 10.8 Å². The predicted octanol–water partition coefficient (Wildman–Crippen LogP) is 3.69. The molecule has 1 unspecified atom stereocenters. The highest BCUT2D eigenvalue weighted by atomic mass is 16.7. The van der Waals surface area contributed by atoms with Crippen molar-refractivity contribution in [2.75, 3.05) is 5.32 Å². The van der Waals surface area contributed by atoms with Gasteiger partial charge in [-0.2, -0.15) is 0 Å². The summed E-state index contributed by atoms with van der Waals surface area (Å²) >= 11 is 0. The minimum atomic E-state index is -0.581. The van der Waals surface area contributed by atoms with Gasteiger partial charge in [-0.05, 0) is 36.6 Å². The topological polar surface area (TPSA) is 43.4 Å². The zero-order valence-electron chi connectivity index (χ0n) is 12.2. The Labute approximate surface area is 124 Å². The van der Waals surface area contributed by atoms with Crippen LogP contribution in [0.3, 0.4) is 0 Å². The van der Waals surface area contributed by atoms with E-state index < -0.39 is 5.79 Å². The van der Waals surface area contributed by atoms with Crippen LogP contribution in [0.2, 0.25) is 0 Å². The molecule has 1 aliphatic heterocycles. The molecule has 4 nitrogen and oxygen atoms in total. The van der Waals surface area contributed by atoms with Crippen molar-refractivity contribution in [1.82, 2.24) is 4.98 Å². The van der Waals surface area contributed by atoms with Crippen LogP contribution < -0.4 is 14.8 Å². The maximum atomic E-state index is 5.79. The number of fused-ring (bicyclic) bond motifs is 2. The van der Waals surface area contributed by atoms with E-state index in [2.05, 4.69) is 16.4 Å². The highest BCUT2D eigenvalue weighted by molar-refractivity contribution is 5.57. The molecule has 2 aromatic rings. The van der Waals surface area contributed by atoms with Crippen molar-refractivity contribution >= 4 is 5.69 Å². The van der Waals surface area contributed by atoms with E-state index in [-0.39, 0.29) is 6.04 Å². The molecule has 1 aliphatic carbocycles. The lowest BCUT2D eigenvalue weighted by atomic mass is 10.2. The molecule has 2 heterocycles. The van der Waals surface area contributed by atoms with Crippen LogP contribution in [0, 0.1) is 0 Å². The molecule has 1 aromatic carbocycles. The van der Waals surface area contributed by atoms with Gasteiger partial charge in [-0.15, -0.1) is 0 Å². The molecule has 1 atom stereocenters. The normalized spacial score (nSPS) is 21.1. The van der Waals surface area contributed by atoms with E-state index in [1.54, 1.807) is 0 Å². The number of hydrogen-bond donors (Lipinski definition) is 1. The Bertz CT molecular complexity index is 697. The second kappa shape index (κ2) is 4.38. The molecule has 108 valence electrons. The summed E-state index contributed by atoms with van der Waals surface area (Å²) in [6, 6.07) is 10.4. The van der Waals surface area contributed by atoms with Gasteiger partial charge in [-0.1, -0.05) is 6.07 Å². The first-order valence-electron chi connectivity index (χ1n) is 7.33. The Morgan fingerprint density at radius 2 is 2.05 bits per heavy atom. The first-order valence-corrected chi connectivity index (χ1v) is 7.33. The van der Waals surface area contributed by atoms with Gasteiger partial charge in [0.05, 0.1) is 11.7 Å². The van der Waals surface area contributed by atoms with Crippen molar-refractivity contribution in [2.45, 2.75) is 38.5 Å². The first-order chi connectivity index (χ1) is 10.1. The number of nitrogens with one attached hydrogen (secondary N) is 1. The fourth-order valence-corrected chi connectivity index (χ4v) is 3.07. The van der Waals surface area contributed by atoms with Crippen LogP contribution in [0.25, 0.3) is 0 Å². The molecular formula is C17H18N2O2. The third kappa shape index (κ3) is 2.20. The third-order valence-corrected chi connectivity index (χ3v) is 3.95. The molecule has 0 spiro atoms. The van der Waals surface area contributed by atoms with Crippen LogP contribution in [0.15, 0.2) is 36.5 Å². The summed E-state index contributed by atoms with van der Waals surface area (Å²) in [5.74, 6) is 1.02. The SMILES string of the molecule is CC1(C)Oc2ccc(NC3CCc4cccnc43)cc2O1. The maximum absolute atomic E-state index is 5.79. The van der Waals surface area contributed by atoms with E-state index >= 15 is 0 Å². The van der Waals surface area contributed by atoms with Crippen LogP contribution >= 0.6 is 0 Å². The number of anilines is 1. The van der Waals surface area contributed by atoms with Gasteiger partial charge in [0.2, 0.25) is 5.79 Å². The van der Waals surface area contributed by atoms with Gasteiger partial charge in [0.1, 0.15) is 0 Å². The largest absolute Gasteiger partial charge is 0.449 e. The summed E-state index contributed by atoms with van der Waals surface area (Å²) in [5.41, 5.74) is 3.55. The maximum Gasteiger partial charge on any atom is 0.246 e. The predicted molar refractivity (Wildman–Crippen MR) is 80.7 cm³/mol. The number of nitrogens with zero attached hydrogens (tertiary/aromatic N) is 1. The zero-order valence-corrected chi connectivity index (χ0v) is 12.2. The quantitative estimate of drug-likeness (QED) is 0.912. The van der Waals surface area contributed by atoms with E-state index in [1.807, 2.05) is 44.3 Å². The summed E-state index contributed by atoms with van der Waals surface area (Å²) in [7, 11) is 0. The van der Waals surface area contributed by atoms with Crippen molar-refractivity contribution in [1.29, 1.82) is 0 Å². The van der Waals surface area contributed by atoms with Gasteiger partial charge in [0.25, 0.3) is 0 Å². The summed E-state index contributed by atoms with van der Waals surface area (Å²) in [4.78, 5) is 4.51. The van der Waals surface area contributed by atoms with E-state index in [9.17, 15) is 0 Å². The van der Waals surface area contributed by atoms with Crippen LogP contribution in [-0.2, 0) is 6.42 Å². The number of aromatic nitrogens is 1. The Balaban J connectivity index is 1.57. The van der Waals surface area contributed by atoms with Gasteiger partial charge in [-0.25, -0.2) is 0 Å². The molecule has 1 aromatic heterocycles. The molecule has 0 bridgehead atoms. The number of rotatable bonds is 2. The van der Waals surface area contributed by atoms with Gasteiger partial charge in [0.15, 0.2) is 11.5 Å². The fraction of sp³-hybridized carbons (Fsp3) is 0.353. The molecule has 2 aliphatic rings. The van der Waals surface area contributed by atoms with E-state index in [4.69, 9.17) is 9.47 Å². The number of hydrogen-bond acceptors (Lipinski definition) is 4. The minimum Gasteiger partial charge on any atom is -0.449 e. The molecule has 0 fully saturated rings.